The second-order valence-corrected chi connectivity index (χ2v) is 6.64. The van der Waals surface area contributed by atoms with Crippen LogP contribution in [0.5, 0.6) is 0 Å². The van der Waals surface area contributed by atoms with E-state index in [9.17, 15) is 23.2 Å². The third-order valence-electron chi connectivity index (χ3n) is 3.51. The van der Waals surface area contributed by atoms with Crippen LogP contribution in [0.3, 0.4) is 0 Å². The molecule has 1 aliphatic heterocycles. The van der Waals surface area contributed by atoms with Crippen molar-refractivity contribution in [1.29, 1.82) is 5.26 Å². The number of carbonyl (C=O) groups is 1. The van der Waals surface area contributed by atoms with Crippen LogP contribution in [0, 0.1) is 22.2 Å². The number of amides is 1. The number of nitriles is 1. The molecule has 0 bridgehead atoms. The number of hydrogen-bond donors (Lipinski definition) is 1. The third-order valence-corrected chi connectivity index (χ3v) is 3.51. The van der Waals surface area contributed by atoms with E-state index >= 15 is 0 Å². The van der Waals surface area contributed by atoms with Crippen LogP contribution in [0.15, 0.2) is 0 Å². The second-order valence-electron chi connectivity index (χ2n) is 6.64. The fraction of sp³-hybridized carbons (Fsp3) is 0.857. The molecule has 1 saturated heterocycles. The molecule has 1 N–H and O–H groups in total. The predicted octanol–water partition coefficient (Wildman–Crippen LogP) is 2.79. The van der Waals surface area contributed by atoms with Crippen molar-refractivity contribution < 1.29 is 22.7 Å². The fourth-order valence-corrected chi connectivity index (χ4v) is 2.27. The number of carbonyl (C=O) groups excluding carboxylic acids is 1. The van der Waals surface area contributed by atoms with Gasteiger partial charge in [0.1, 0.15) is 11.5 Å². The van der Waals surface area contributed by atoms with Crippen LogP contribution < -0.4 is 5.32 Å². The SMILES string of the molecule is CC(C)(C)C[C@@H](NC(=O)C1(C#N)CCOCC1)C(F)(F)F. The molecular formula is C14H21F3N2O2. The number of nitrogens with one attached hydrogen (secondary N) is 1. The predicted molar refractivity (Wildman–Crippen MR) is 70.2 cm³/mol. The third kappa shape index (κ3) is 4.88. The average molecular weight is 306 g/mol. The van der Waals surface area contributed by atoms with Crippen LogP contribution >= 0.6 is 0 Å². The highest BCUT2D eigenvalue weighted by Crippen LogP contribution is 2.34. The van der Waals surface area contributed by atoms with Crippen molar-refractivity contribution in [2.45, 2.75) is 52.3 Å². The number of rotatable bonds is 3. The van der Waals surface area contributed by atoms with E-state index in [1.807, 2.05) is 11.4 Å². The molecule has 0 radical (unpaired) electrons. The normalized spacial score (nSPS) is 20.4. The van der Waals surface area contributed by atoms with Gasteiger partial charge in [-0.15, -0.1) is 0 Å². The second kappa shape index (κ2) is 6.22. The Hall–Kier alpha value is -1.29. The minimum atomic E-state index is -4.54. The van der Waals surface area contributed by atoms with E-state index in [0.717, 1.165) is 0 Å². The van der Waals surface area contributed by atoms with Gasteiger partial charge in [0, 0.05) is 13.2 Å². The van der Waals surface area contributed by atoms with Crippen molar-refractivity contribution in [3.05, 3.63) is 0 Å². The summed E-state index contributed by atoms with van der Waals surface area (Å²) in [5.41, 5.74) is -2.01. The van der Waals surface area contributed by atoms with Crippen molar-refractivity contribution in [1.82, 2.24) is 5.32 Å². The van der Waals surface area contributed by atoms with Crippen molar-refractivity contribution in [2.24, 2.45) is 10.8 Å². The Kier molecular flexibility index (Phi) is 5.26. The molecule has 0 saturated carbocycles. The maximum atomic E-state index is 13.1. The van der Waals surface area contributed by atoms with E-state index in [4.69, 9.17) is 4.74 Å². The highest BCUT2D eigenvalue weighted by atomic mass is 19.4. The Morgan fingerprint density at radius 3 is 2.24 bits per heavy atom. The van der Waals surface area contributed by atoms with Gasteiger partial charge in [-0.2, -0.15) is 18.4 Å². The molecule has 1 fully saturated rings. The largest absolute Gasteiger partial charge is 0.408 e. The molecule has 1 amide bonds. The first-order valence-corrected chi connectivity index (χ1v) is 6.87. The van der Waals surface area contributed by atoms with Crippen molar-refractivity contribution in [2.75, 3.05) is 13.2 Å². The Bertz CT molecular complexity index is 415. The Labute approximate surface area is 122 Å². The Morgan fingerprint density at radius 2 is 1.86 bits per heavy atom. The maximum absolute atomic E-state index is 13.1. The van der Waals surface area contributed by atoms with Gasteiger partial charge in [-0.05, 0) is 24.7 Å². The number of halogens is 3. The minimum Gasteiger partial charge on any atom is -0.381 e. The number of nitrogens with zero attached hydrogens (tertiary/aromatic N) is 1. The molecule has 0 aromatic heterocycles. The number of hydrogen-bond acceptors (Lipinski definition) is 3. The Balaban J connectivity index is 2.87. The summed E-state index contributed by atoms with van der Waals surface area (Å²) in [6, 6.07) is -0.0688. The van der Waals surface area contributed by atoms with Crippen molar-refractivity contribution >= 4 is 5.91 Å². The van der Waals surface area contributed by atoms with Crippen molar-refractivity contribution in [3.8, 4) is 6.07 Å². The van der Waals surface area contributed by atoms with Crippen LogP contribution in [-0.2, 0) is 9.53 Å². The van der Waals surface area contributed by atoms with Crippen LogP contribution in [-0.4, -0.2) is 31.3 Å². The lowest BCUT2D eigenvalue weighted by Gasteiger charge is -2.33. The molecule has 1 rings (SSSR count). The average Bonchev–Trinajstić information content (AvgIpc) is 2.36. The summed E-state index contributed by atoms with van der Waals surface area (Å²) in [5.74, 6) is -0.847. The highest BCUT2D eigenvalue weighted by Gasteiger charge is 2.47. The zero-order chi connectivity index (χ0) is 16.3. The Morgan fingerprint density at radius 1 is 1.33 bits per heavy atom. The molecule has 4 nitrogen and oxygen atoms in total. The molecule has 1 heterocycles. The van der Waals surface area contributed by atoms with E-state index in [1.54, 1.807) is 20.8 Å². The lowest BCUT2D eigenvalue weighted by atomic mass is 9.80. The van der Waals surface area contributed by atoms with E-state index in [-0.39, 0.29) is 32.5 Å². The van der Waals surface area contributed by atoms with Gasteiger partial charge >= 0.3 is 6.18 Å². The zero-order valence-corrected chi connectivity index (χ0v) is 12.5. The summed E-state index contributed by atoms with van der Waals surface area (Å²) in [6.07, 6.45) is -4.53. The van der Waals surface area contributed by atoms with Crippen LogP contribution in [0.25, 0.3) is 0 Å². The molecule has 7 heteroatoms. The van der Waals surface area contributed by atoms with Gasteiger partial charge < -0.3 is 10.1 Å². The summed E-state index contributed by atoms with van der Waals surface area (Å²) in [6.45, 7) is 5.43. The van der Waals surface area contributed by atoms with Gasteiger partial charge in [0.05, 0.1) is 6.07 Å². The quantitative estimate of drug-likeness (QED) is 0.872. The molecule has 120 valence electrons. The first-order chi connectivity index (χ1) is 9.50. The smallest absolute Gasteiger partial charge is 0.381 e. The fourth-order valence-electron chi connectivity index (χ4n) is 2.27. The first-order valence-electron chi connectivity index (χ1n) is 6.87. The highest BCUT2D eigenvalue weighted by molar-refractivity contribution is 5.85. The van der Waals surface area contributed by atoms with Crippen LogP contribution in [0.4, 0.5) is 13.2 Å². The monoisotopic (exact) mass is 306 g/mol. The number of alkyl halides is 3. The lowest BCUT2D eigenvalue weighted by molar-refractivity contribution is -0.170. The summed E-state index contributed by atoms with van der Waals surface area (Å²) < 4.78 is 44.3. The van der Waals surface area contributed by atoms with Gasteiger partial charge in [-0.25, -0.2) is 0 Å². The lowest BCUT2D eigenvalue weighted by Crippen LogP contribution is -2.53. The van der Waals surface area contributed by atoms with Crippen LogP contribution in [0.1, 0.15) is 40.0 Å². The summed E-state index contributed by atoms with van der Waals surface area (Å²) >= 11 is 0. The number of ether oxygens (including phenoxy) is 1. The maximum Gasteiger partial charge on any atom is 0.408 e. The molecule has 0 aromatic rings. The van der Waals surface area contributed by atoms with E-state index in [0.29, 0.717) is 0 Å². The van der Waals surface area contributed by atoms with E-state index < -0.39 is 29.0 Å². The van der Waals surface area contributed by atoms with Gasteiger partial charge in [0.15, 0.2) is 0 Å². The van der Waals surface area contributed by atoms with Gasteiger partial charge in [0.25, 0.3) is 0 Å². The topological polar surface area (TPSA) is 62.1 Å². The minimum absolute atomic E-state index is 0.120. The summed E-state index contributed by atoms with van der Waals surface area (Å²) in [4.78, 5) is 12.2. The summed E-state index contributed by atoms with van der Waals surface area (Å²) in [7, 11) is 0. The molecule has 0 unspecified atom stereocenters. The molecule has 1 aliphatic rings. The standard InChI is InChI=1S/C14H21F3N2O2/c1-12(2,3)8-10(14(15,16)17)19-11(20)13(9-18)4-6-21-7-5-13/h10H,4-8H2,1-3H3,(H,19,20)/t10-/m1/s1. The molecule has 0 aromatic carbocycles. The molecule has 21 heavy (non-hydrogen) atoms. The summed E-state index contributed by atoms with van der Waals surface area (Å²) in [5, 5.41) is 11.2. The molecular weight excluding hydrogens is 285 g/mol. The molecule has 1 atom stereocenters. The molecule has 0 aliphatic carbocycles. The van der Waals surface area contributed by atoms with E-state index in [2.05, 4.69) is 0 Å². The molecule has 0 spiro atoms. The zero-order valence-electron chi connectivity index (χ0n) is 12.5. The van der Waals surface area contributed by atoms with Gasteiger partial charge in [0.2, 0.25) is 5.91 Å². The van der Waals surface area contributed by atoms with Crippen LogP contribution in [0.2, 0.25) is 0 Å². The van der Waals surface area contributed by atoms with Crippen molar-refractivity contribution in [3.63, 3.8) is 0 Å². The van der Waals surface area contributed by atoms with Gasteiger partial charge in [-0.3, -0.25) is 4.79 Å². The first kappa shape index (κ1) is 17.8. The van der Waals surface area contributed by atoms with Gasteiger partial charge in [-0.1, -0.05) is 20.8 Å². The van der Waals surface area contributed by atoms with E-state index in [1.165, 1.54) is 0 Å².